The highest BCUT2D eigenvalue weighted by Crippen LogP contribution is 2.31. The van der Waals surface area contributed by atoms with Crippen molar-refractivity contribution in [2.24, 2.45) is 5.41 Å². The summed E-state index contributed by atoms with van der Waals surface area (Å²) in [5.41, 5.74) is 2.03. The van der Waals surface area contributed by atoms with E-state index in [-0.39, 0.29) is 17.4 Å². The van der Waals surface area contributed by atoms with Gasteiger partial charge in [0.15, 0.2) is 0 Å². The van der Waals surface area contributed by atoms with Gasteiger partial charge < -0.3 is 10.6 Å². The van der Waals surface area contributed by atoms with Crippen LogP contribution in [0.25, 0.3) is 0 Å². The lowest BCUT2D eigenvalue weighted by molar-refractivity contribution is -0.121. The van der Waals surface area contributed by atoms with Gasteiger partial charge in [0.2, 0.25) is 5.91 Å². The Labute approximate surface area is 128 Å². The third kappa shape index (κ3) is 3.48. The van der Waals surface area contributed by atoms with Crippen molar-refractivity contribution in [2.75, 3.05) is 11.9 Å². The predicted molar refractivity (Wildman–Crippen MR) is 87.3 cm³/mol. The second-order valence-electron chi connectivity index (χ2n) is 5.93. The van der Waals surface area contributed by atoms with E-state index in [9.17, 15) is 4.79 Å². The molecule has 4 heteroatoms. The number of carbonyl (C=O) groups is 1. The molecule has 0 saturated carbocycles. The summed E-state index contributed by atoms with van der Waals surface area (Å²) in [6, 6.07) is 5.96. The number of hydrogen-bond acceptors (Lipinski definition) is 2. The first-order valence-electron chi connectivity index (χ1n) is 6.70. The molecular weight excluding hydrogens is 351 g/mol. The molecule has 2 N–H and O–H groups in total. The summed E-state index contributed by atoms with van der Waals surface area (Å²) in [5.74, 6) is 0.0778. The highest BCUT2D eigenvalue weighted by molar-refractivity contribution is 14.1. The lowest BCUT2D eigenvalue weighted by Gasteiger charge is -2.38. The molecule has 0 spiro atoms. The molecule has 0 bridgehead atoms. The fourth-order valence-corrected chi connectivity index (χ4v) is 3.28. The molecule has 2 rings (SSSR count). The molecule has 1 fully saturated rings. The molecule has 0 radical (unpaired) electrons. The second-order valence-corrected chi connectivity index (χ2v) is 7.17. The minimum Gasteiger partial charge on any atom is -0.324 e. The van der Waals surface area contributed by atoms with E-state index in [0.717, 1.165) is 30.6 Å². The second kappa shape index (κ2) is 5.79. The van der Waals surface area contributed by atoms with Crippen molar-refractivity contribution in [2.45, 2.75) is 39.7 Å². The summed E-state index contributed by atoms with van der Waals surface area (Å²) in [7, 11) is 0. The number of amides is 1. The fraction of sp³-hybridized carbons (Fsp3) is 0.533. The van der Waals surface area contributed by atoms with Crippen LogP contribution in [0.3, 0.4) is 0 Å². The summed E-state index contributed by atoms with van der Waals surface area (Å²) < 4.78 is 1.18. The van der Waals surface area contributed by atoms with Crippen molar-refractivity contribution in [3.63, 3.8) is 0 Å². The highest BCUT2D eigenvalue weighted by Gasteiger charge is 2.37. The molecular formula is C15H21IN2O. The number of carbonyl (C=O) groups excluding carboxylic acids is 1. The van der Waals surface area contributed by atoms with Gasteiger partial charge in [-0.2, -0.15) is 0 Å². The summed E-state index contributed by atoms with van der Waals surface area (Å²) in [5, 5.41) is 6.40. The van der Waals surface area contributed by atoms with E-state index in [4.69, 9.17) is 0 Å². The van der Waals surface area contributed by atoms with Crippen molar-refractivity contribution < 1.29 is 4.79 Å². The van der Waals surface area contributed by atoms with Gasteiger partial charge in [0.25, 0.3) is 0 Å². The number of halogens is 1. The van der Waals surface area contributed by atoms with Crippen LogP contribution in [0.15, 0.2) is 18.2 Å². The van der Waals surface area contributed by atoms with Crippen LogP contribution in [0.4, 0.5) is 5.69 Å². The maximum Gasteiger partial charge on any atom is 0.242 e. The summed E-state index contributed by atoms with van der Waals surface area (Å²) >= 11 is 2.28. The minimum absolute atomic E-state index is 0.0133. The third-order valence-electron chi connectivity index (χ3n) is 3.84. The third-order valence-corrected chi connectivity index (χ3v) is 4.51. The zero-order valence-electron chi connectivity index (χ0n) is 11.7. The number of aryl methyl sites for hydroxylation is 1. The SMILES string of the molecule is Cc1cc(I)ccc1NC(=O)C1NCCCC1(C)C. The van der Waals surface area contributed by atoms with E-state index in [2.05, 4.69) is 53.1 Å². The molecule has 1 heterocycles. The van der Waals surface area contributed by atoms with Crippen molar-refractivity contribution in [1.29, 1.82) is 0 Å². The van der Waals surface area contributed by atoms with Crippen molar-refractivity contribution in [3.8, 4) is 0 Å². The highest BCUT2D eigenvalue weighted by atomic mass is 127. The molecule has 1 aromatic carbocycles. The molecule has 1 amide bonds. The Bertz CT molecular complexity index is 485. The number of piperidine rings is 1. The molecule has 1 unspecified atom stereocenters. The van der Waals surface area contributed by atoms with Gasteiger partial charge in [0.05, 0.1) is 6.04 Å². The average molecular weight is 372 g/mol. The van der Waals surface area contributed by atoms with E-state index in [0.29, 0.717) is 0 Å². The van der Waals surface area contributed by atoms with Crippen LogP contribution in [-0.2, 0) is 4.79 Å². The number of rotatable bonds is 2. The largest absolute Gasteiger partial charge is 0.324 e. The van der Waals surface area contributed by atoms with Crippen LogP contribution in [0.5, 0.6) is 0 Å². The normalized spacial score (nSPS) is 22.0. The Balaban J connectivity index is 2.12. The van der Waals surface area contributed by atoms with E-state index < -0.39 is 0 Å². The van der Waals surface area contributed by atoms with Gasteiger partial charge in [0.1, 0.15) is 0 Å². The average Bonchev–Trinajstić information content (AvgIpc) is 2.32. The van der Waals surface area contributed by atoms with Gasteiger partial charge in [-0.1, -0.05) is 13.8 Å². The number of anilines is 1. The van der Waals surface area contributed by atoms with E-state index in [1.54, 1.807) is 0 Å². The van der Waals surface area contributed by atoms with E-state index >= 15 is 0 Å². The molecule has 0 aliphatic carbocycles. The molecule has 3 nitrogen and oxygen atoms in total. The Morgan fingerprint density at radius 3 is 2.84 bits per heavy atom. The lowest BCUT2D eigenvalue weighted by atomic mass is 9.77. The maximum atomic E-state index is 12.4. The number of benzene rings is 1. The molecule has 104 valence electrons. The van der Waals surface area contributed by atoms with Crippen molar-refractivity contribution in [3.05, 3.63) is 27.3 Å². The summed E-state index contributed by atoms with van der Waals surface area (Å²) in [4.78, 5) is 12.4. The molecule has 1 atom stereocenters. The fourth-order valence-electron chi connectivity index (χ4n) is 2.63. The van der Waals surface area contributed by atoms with Crippen LogP contribution < -0.4 is 10.6 Å². The lowest BCUT2D eigenvalue weighted by Crippen LogP contribution is -2.53. The smallest absolute Gasteiger partial charge is 0.242 e. The van der Waals surface area contributed by atoms with Crippen LogP contribution in [-0.4, -0.2) is 18.5 Å². The standard InChI is InChI=1S/C15H21IN2O/c1-10-9-11(16)5-6-12(10)18-14(19)13-15(2,3)7-4-8-17-13/h5-6,9,13,17H,4,7-8H2,1-3H3,(H,18,19). The topological polar surface area (TPSA) is 41.1 Å². The Hall–Kier alpha value is -0.620. The molecule has 0 aromatic heterocycles. The van der Waals surface area contributed by atoms with Gasteiger partial charge >= 0.3 is 0 Å². The summed E-state index contributed by atoms with van der Waals surface area (Å²) in [6.07, 6.45) is 2.23. The van der Waals surface area contributed by atoms with Crippen LogP contribution in [0, 0.1) is 15.9 Å². The Morgan fingerprint density at radius 1 is 1.47 bits per heavy atom. The van der Waals surface area contributed by atoms with Crippen molar-refractivity contribution >= 4 is 34.2 Å². The molecule has 1 aromatic rings. The van der Waals surface area contributed by atoms with Gasteiger partial charge in [-0.25, -0.2) is 0 Å². The zero-order chi connectivity index (χ0) is 14.0. The first-order chi connectivity index (χ1) is 8.90. The quantitative estimate of drug-likeness (QED) is 0.783. The Kier molecular flexibility index (Phi) is 4.50. The number of hydrogen-bond donors (Lipinski definition) is 2. The number of nitrogens with one attached hydrogen (secondary N) is 2. The van der Waals surface area contributed by atoms with Crippen LogP contribution >= 0.6 is 22.6 Å². The first kappa shape index (κ1) is 14.8. The van der Waals surface area contributed by atoms with Gasteiger partial charge in [0, 0.05) is 9.26 Å². The van der Waals surface area contributed by atoms with Gasteiger partial charge in [-0.05, 0) is 78.1 Å². The van der Waals surface area contributed by atoms with Crippen molar-refractivity contribution in [1.82, 2.24) is 5.32 Å². The molecule has 1 aliphatic rings. The first-order valence-corrected chi connectivity index (χ1v) is 7.78. The summed E-state index contributed by atoms with van der Waals surface area (Å²) in [6.45, 7) is 7.26. The maximum absolute atomic E-state index is 12.4. The predicted octanol–water partition coefficient (Wildman–Crippen LogP) is 3.32. The Morgan fingerprint density at radius 2 is 2.21 bits per heavy atom. The van der Waals surface area contributed by atoms with E-state index in [1.165, 1.54) is 3.57 Å². The van der Waals surface area contributed by atoms with Crippen LogP contribution in [0.1, 0.15) is 32.3 Å². The molecule has 1 aliphatic heterocycles. The zero-order valence-corrected chi connectivity index (χ0v) is 13.9. The molecule has 19 heavy (non-hydrogen) atoms. The molecule has 1 saturated heterocycles. The monoisotopic (exact) mass is 372 g/mol. The van der Waals surface area contributed by atoms with Crippen LogP contribution in [0.2, 0.25) is 0 Å². The van der Waals surface area contributed by atoms with Gasteiger partial charge in [-0.3, -0.25) is 4.79 Å². The van der Waals surface area contributed by atoms with E-state index in [1.807, 2.05) is 19.1 Å². The van der Waals surface area contributed by atoms with Gasteiger partial charge in [-0.15, -0.1) is 0 Å². The minimum atomic E-state index is -0.111.